The summed E-state index contributed by atoms with van der Waals surface area (Å²) in [5.74, 6) is 1.11. The third-order valence-electron chi connectivity index (χ3n) is 2.80. The van der Waals surface area contributed by atoms with Crippen molar-refractivity contribution in [1.82, 2.24) is 0 Å². The minimum Gasteiger partial charge on any atom is -0.330 e. The van der Waals surface area contributed by atoms with Crippen LogP contribution in [-0.4, -0.2) is 6.54 Å². The maximum atomic E-state index is 6.13. The van der Waals surface area contributed by atoms with Gasteiger partial charge in [0.1, 0.15) is 0 Å². The van der Waals surface area contributed by atoms with Gasteiger partial charge in [-0.15, -0.1) is 0 Å². The van der Waals surface area contributed by atoms with E-state index in [0.717, 1.165) is 21.5 Å². The summed E-state index contributed by atoms with van der Waals surface area (Å²) in [5.41, 5.74) is 6.88. The Morgan fingerprint density at radius 2 is 2.07 bits per heavy atom. The second kappa shape index (κ2) is 4.09. The van der Waals surface area contributed by atoms with Crippen molar-refractivity contribution < 1.29 is 0 Å². The first-order valence-electron chi connectivity index (χ1n) is 4.87. The molecule has 0 aromatic heterocycles. The topological polar surface area (TPSA) is 26.0 Å². The molecule has 2 N–H and O–H groups in total. The molecule has 14 heavy (non-hydrogen) atoms. The first-order chi connectivity index (χ1) is 6.72. The van der Waals surface area contributed by atoms with Crippen molar-refractivity contribution in [3.63, 3.8) is 0 Å². The highest BCUT2D eigenvalue weighted by Crippen LogP contribution is 2.44. The number of halogens is 2. The van der Waals surface area contributed by atoms with Crippen LogP contribution in [0.1, 0.15) is 24.3 Å². The number of hydrogen-bond donors (Lipinski definition) is 1. The lowest BCUT2D eigenvalue weighted by atomic mass is 9.94. The van der Waals surface area contributed by atoms with Gasteiger partial charge in [-0.05, 0) is 49.1 Å². The lowest BCUT2D eigenvalue weighted by Crippen LogP contribution is -2.14. The zero-order chi connectivity index (χ0) is 10.1. The smallest absolute Gasteiger partial charge is 0.0442 e. The van der Waals surface area contributed by atoms with E-state index in [1.165, 1.54) is 12.8 Å². The van der Waals surface area contributed by atoms with Gasteiger partial charge >= 0.3 is 0 Å². The predicted molar refractivity (Wildman–Crippen MR) is 61.0 cm³/mol. The summed E-state index contributed by atoms with van der Waals surface area (Å²) in [5, 5.41) is 1.53. The number of rotatable bonds is 3. The molecule has 3 heteroatoms. The van der Waals surface area contributed by atoms with Crippen LogP contribution in [0.15, 0.2) is 18.2 Å². The van der Waals surface area contributed by atoms with Crippen LogP contribution in [0.4, 0.5) is 0 Å². The normalized spacial score (nSPS) is 18.2. The van der Waals surface area contributed by atoms with Gasteiger partial charge in [-0.2, -0.15) is 0 Å². The maximum Gasteiger partial charge on any atom is 0.0442 e. The third-order valence-corrected chi connectivity index (χ3v) is 3.38. The first-order valence-corrected chi connectivity index (χ1v) is 5.63. The van der Waals surface area contributed by atoms with Crippen LogP contribution >= 0.6 is 23.2 Å². The molecule has 1 aliphatic carbocycles. The summed E-state index contributed by atoms with van der Waals surface area (Å²) in [4.78, 5) is 0. The number of hydrogen-bond acceptors (Lipinski definition) is 1. The molecule has 0 saturated heterocycles. The highest BCUT2D eigenvalue weighted by atomic mass is 35.5. The van der Waals surface area contributed by atoms with Crippen LogP contribution in [0, 0.1) is 5.92 Å². The average molecular weight is 230 g/mol. The van der Waals surface area contributed by atoms with Crippen molar-refractivity contribution in [3.8, 4) is 0 Å². The summed E-state index contributed by atoms with van der Waals surface area (Å²) < 4.78 is 0. The van der Waals surface area contributed by atoms with Gasteiger partial charge in [-0.1, -0.05) is 23.2 Å². The second-order valence-electron chi connectivity index (χ2n) is 3.85. The van der Waals surface area contributed by atoms with E-state index >= 15 is 0 Å². The van der Waals surface area contributed by atoms with Gasteiger partial charge in [0.25, 0.3) is 0 Å². The van der Waals surface area contributed by atoms with Crippen LogP contribution in [0.2, 0.25) is 10.0 Å². The summed E-state index contributed by atoms with van der Waals surface area (Å²) >= 11 is 12.1. The Morgan fingerprint density at radius 1 is 1.36 bits per heavy atom. The van der Waals surface area contributed by atoms with Gasteiger partial charge in [0.05, 0.1) is 0 Å². The summed E-state index contributed by atoms with van der Waals surface area (Å²) in [6.07, 6.45) is 2.54. The zero-order valence-corrected chi connectivity index (χ0v) is 9.35. The van der Waals surface area contributed by atoms with Gasteiger partial charge < -0.3 is 5.73 Å². The molecule has 76 valence electrons. The molecule has 1 nitrogen and oxygen atoms in total. The van der Waals surface area contributed by atoms with Crippen LogP contribution in [-0.2, 0) is 0 Å². The molecule has 0 bridgehead atoms. The van der Waals surface area contributed by atoms with Crippen molar-refractivity contribution in [2.45, 2.75) is 18.8 Å². The van der Waals surface area contributed by atoms with Gasteiger partial charge in [-0.25, -0.2) is 0 Å². The van der Waals surface area contributed by atoms with E-state index in [1.54, 1.807) is 0 Å². The largest absolute Gasteiger partial charge is 0.330 e. The van der Waals surface area contributed by atoms with E-state index in [0.29, 0.717) is 12.5 Å². The highest BCUT2D eigenvalue weighted by molar-refractivity contribution is 6.33. The molecule has 1 aliphatic rings. The number of nitrogens with two attached hydrogens (primary N) is 1. The fourth-order valence-corrected chi connectivity index (χ4v) is 2.31. The van der Waals surface area contributed by atoms with E-state index in [1.807, 2.05) is 18.2 Å². The Morgan fingerprint density at radius 3 is 2.64 bits per heavy atom. The van der Waals surface area contributed by atoms with Crippen LogP contribution in [0.3, 0.4) is 0 Å². The van der Waals surface area contributed by atoms with Gasteiger partial charge in [0.15, 0.2) is 0 Å². The van der Waals surface area contributed by atoms with Crippen molar-refractivity contribution in [2.24, 2.45) is 11.7 Å². The SMILES string of the molecule is NCC(c1cc(Cl)ccc1Cl)C1CC1. The average Bonchev–Trinajstić information content (AvgIpc) is 2.96. The molecule has 1 saturated carbocycles. The monoisotopic (exact) mass is 229 g/mol. The lowest BCUT2D eigenvalue weighted by Gasteiger charge is -2.15. The molecular weight excluding hydrogens is 217 g/mol. The molecular formula is C11H13Cl2N. The third kappa shape index (κ3) is 2.05. The van der Waals surface area contributed by atoms with Crippen molar-refractivity contribution >= 4 is 23.2 Å². The predicted octanol–water partition coefficient (Wildman–Crippen LogP) is 3.45. The molecule has 0 spiro atoms. The lowest BCUT2D eigenvalue weighted by molar-refractivity contribution is 0.616. The minimum absolute atomic E-state index is 0.390. The highest BCUT2D eigenvalue weighted by Gasteiger charge is 2.32. The summed E-state index contributed by atoms with van der Waals surface area (Å²) in [6, 6.07) is 5.61. The quantitative estimate of drug-likeness (QED) is 0.845. The Balaban J connectivity index is 2.32. The molecule has 0 aliphatic heterocycles. The summed E-state index contributed by atoms with van der Waals surface area (Å²) in [7, 11) is 0. The van der Waals surface area contributed by atoms with Crippen molar-refractivity contribution in [3.05, 3.63) is 33.8 Å². The molecule has 1 aromatic carbocycles. The Labute approximate surface area is 94.2 Å². The van der Waals surface area contributed by atoms with E-state index in [9.17, 15) is 0 Å². The minimum atomic E-state index is 0.390. The van der Waals surface area contributed by atoms with E-state index < -0.39 is 0 Å². The van der Waals surface area contributed by atoms with Gasteiger partial charge in [0.2, 0.25) is 0 Å². The maximum absolute atomic E-state index is 6.13. The van der Waals surface area contributed by atoms with Crippen LogP contribution < -0.4 is 5.73 Å². The number of benzene rings is 1. The van der Waals surface area contributed by atoms with Crippen molar-refractivity contribution in [1.29, 1.82) is 0 Å². The standard InChI is InChI=1S/C11H13Cl2N/c12-8-3-4-11(13)9(5-8)10(6-14)7-1-2-7/h3-5,7,10H,1-2,6,14H2. The molecule has 1 aromatic rings. The van der Waals surface area contributed by atoms with Crippen molar-refractivity contribution in [2.75, 3.05) is 6.54 Å². The van der Waals surface area contributed by atoms with Crippen LogP contribution in [0.5, 0.6) is 0 Å². The fourth-order valence-electron chi connectivity index (χ4n) is 1.87. The first kappa shape index (κ1) is 10.3. The van der Waals surface area contributed by atoms with E-state index in [-0.39, 0.29) is 0 Å². The fraction of sp³-hybridized carbons (Fsp3) is 0.455. The molecule has 1 atom stereocenters. The molecule has 0 heterocycles. The van der Waals surface area contributed by atoms with E-state index in [2.05, 4.69) is 0 Å². The zero-order valence-electron chi connectivity index (χ0n) is 7.84. The Kier molecular flexibility index (Phi) is 3.01. The van der Waals surface area contributed by atoms with Gasteiger partial charge in [0, 0.05) is 16.0 Å². The Bertz CT molecular complexity index is 334. The molecule has 0 amide bonds. The molecule has 1 unspecified atom stereocenters. The molecule has 1 fully saturated rings. The molecule has 2 rings (SSSR count). The van der Waals surface area contributed by atoms with Crippen LogP contribution in [0.25, 0.3) is 0 Å². The van der Waals surface area contributed by atoms with Gasteiger partial charge in [-0.3, -0.25) is 0 Å². The molecule has 0 radical (unpaired) electrons. The van der Waals surface area contributed by atoms with E-state index in [4.69, 9.17) is 28.9 Å². The Hall–Kier alpha value is -0.240. The summed E-state index contributed by atoms with van der Waals surface area (Å²) in [6.45, 7) is 0.657. The second-order valence-corrected chi connectivity index (χ2v) is 4.69.